The Hall–Kier alpha value is -3.29. The highest BCUT2D eigenvalue weighted by molar-refractivity contribution is 5.89. The molecule has 2 aromatic carbocycles. The van der Waals surface area contributed by atoms with Gasteiger partial charge >= 0.3 is 12.2 Å². The molecule has 2 amide bonds. The van der Waals surface area contributed by atoms with Gasteiger partial charge in [-0.1, -0.05) is 30.3 Å². The maximum atomic E-state index is 12.7. The van der Waals surface area contributed by atoms with Gasteiger partial charge in [-0.05, 0) is 43.0 Å². The van der Waals surface area contributed by atoms with Gasteiger partial charge in [0.15, 0.2) is 0 Å². The van der Waals surface area contributed by atoms with E-state index in [1.165, 1.54) is 12.1 Å². The smallest absolute Gasteiger partial charge is 0.331 e. The van der Waals surface area contributed by atoms with Crippen molar-refractivity contribution < 1.29 is 18.0 Å². The third-order valence-electron chi connectivity index (χ3n) is 5.57. The number of piperidine rings is 1. The Labute approximate surface area is 178 Å². The average molecular weight is 428 g/mol. The van der Waals surface area contributed by atoms with Crippen molar-refractivity contribution in [1.82, 2.24) is 14.5 Å². The first-order chi connectivity index (χ1) is 14.9. The zero-order valence-corrected chi connectivity index (χ0v) is 16.8. The number of likely N-dealkylation sites (tertiary alicyclic amines) is 1. The number of aromatic nitrogens is 2. The van der Waals surface area contributed by atoms with Crippen molar-refractivity contribution in [1.29, 1.82) is 0 Å². The molecule has 0 radical (unpaired) electrons. The summed E-state index contributed by atoms with van der Waals surface area (Å²) in [4.78, 5) is 18.7. The fourth-order valence-electron chi connectivity index (χ4n) is 3.85. The lowest BCUT2D eigenvalue weighted by atomic mass is 9.97. The maximum Gasteiger partial charge on any atom is 0.416 e. The Kier molecular flexibility index (Phi) is 5.97. The Bertz CT molecular complexity index is 1010. The summed E-state index contributed by atoms with van der Waals surface area (Å²) in [5.74, 6) is 1.36. The lowest BCUT2D eigenvalue weighted by Crippen LogP contribution is -2.41. The van der Waals surface area contributed by atoms with E-state index in [4.69, 9.17) is 0 Å². The summed E-state index contributed by atoms with van der Waals surface area (Å²) >= 11 is 0. The van der Waals surface area contributed by atoms with E-state index < -0.39 is 11.7 Å². The van der Waals surface area contributed by atoms with Gasteiger partial charge in [-0.3, -0.25) is 0 Å². The molecule has 8 heteroatoms. The third-order valence-corrected chi connectivity index (χ3v) is 5.57. The van der Waals surface area contributed by atoms with Gasteiger partial charge < -0.3 is 14.8 Å². The van der Waals surface area contributed by atoms with E-state index in [2.05, 4.69) is 14.9 Å². The molecule has 1 aliphatic heterocycles. The van der Waals surface area contributed by atoms with Crippen LogP contribution < -0.4 is 5.32 Å². The van der Waals surface area contributed by atoms with Crippen molar-refractivity contribution in [3.05, 3.63) is 72.6 Å². The highest BCUT2D eigenvalue weighted by Gasteiger charge is 2.30. The summed E-state index contributed by atoms with van der Waals surface area (Å²) in [6.45, 7) is 2.04. The van der Waals surface area contributed by atoms with Crippen LogP contribution in [0.4, 0.5) is 23.7 Å². The molecule has 1 N–H and O–H groups in total. The number of benzene rings is 2. The normalized spacial score (nSPS) is 15.1. The molecule has 5 nitrogen and oxygen atoms in total. The molecule has 0 aliphatic carbocycles. The second-order valence-corrected chi connectivity index (χ2v) is 7.70. The van der Waals surface area contributed by atoms with Gasteiger partial charge in [-0.2, -0.15) is 13.2 Å². The largest absolute Gasteiger partial charge is 0.416 e. The van der Waals surface area contributed by atoms with Crippen LogP contribution in [0.15, 0.2) is 67.0 Å². The molecule has 1 aromatic heterocycles. The van der Waals surface area contributed by atoms with E-state index >= 15 is 0 Å². The number of alkyl halides is 3. The number of nitrogens with zero attached hydrogens (tertiary/aromatic N) is 3. The Balaban J connectivity index is 1.30. The average Bonchev–Trinajstić information content (AvgIpc) is 3.23. The molecule has 4 rings (SSSR count). The monoisotopic (exact) mass is 428 g/mol. The van der Waals surface area contributed by atoms with E-state index in [9.17, 15) is 18.0 Å². The summed E-state index contributed by atoms with van der Waals surface area (Å²) in [6.07, 6.45) is 1.10. The minimum absolute atomic E-state index is 0.286. The Morgan fingerprint density at radius 1 is 1.03 bits per heavy atom. The molecule has 2 heterocycles. The molecule has 1 fully saturated rings. The first-order valence-corrected chi connectivity index (χ1v) is 10.2. The van der Waals surface area contributed by atoms with Gasteiger partial charge in [0.2, 0.25) is 0 Å². The van der Waals surface area contributed by atoms with Crippen molar-refractivity contribution >= 4 is 11.7 Å². The number of imidazole rings is 1. The molecular formula is C23H23F3N4O. The van der Waals surface area contributed by atoms with Crippen molar-refractivity contribution in [3.8, 4) is 11.4 Å². The van der Waals surface area contributed by atoms with Gasteiger partial charge in [-0.15, -0.1) is 0 Å². The molecule has 1 aliphatic rings. The first kappa shape index (κ1) is 21.0. The minimum atomic E-state index is -4.39. The number of amides is 2. The van der Waals surface area contributed by atoms with Gasteiger partial charge in [0.05, 0.1) is 5.56 Å². The summed E-state index contributed by atoms with van der Waals surface area (Å²) in [5.41, 5.74) is 0.688. The number of carbonyl (C=O) groups excluding carboxylic acids is 1. The number of nitrogens with one attached hydrogen (secondary N) is 1. The van der Waals surface area contributed by atoms with Crippen LogP contribution in [0.5, 0.6) is 0 Å². The number of anilines is 1. The van der Waals surface area contributed by atoms with Crippen LogP contribution in [-0.2, 0) is 12.7 Å². The third kappa shape index (κ3) is 5.07. The highest BCUT2D eigenvalue weighted by Crippen LogP contribution is 2.30. The second kappa shape index (κ2) is 8.83. The van der Waals surface area contributed by atoms with Crippen LogP contribution in [0.2, 0.25) is 0 Å². The zero-order chi connectivity index (χ0) is 21.8. The van der Waals surface area contributed by atoms with Crippen LogP contribution in [0.25, 0.3) is 11.4 Å². The molecule has 0 unspecified atom stereocenters. The predicted molar refractivity (Wildman–Crippen MR) is 112 cm³/mol. The summed E-state index contributed by atoms with van der Waals surface area (Å²) < 4.78 is 40.1. The van der Waals surface area contributed by atoms with Crippen molar-refractivity contribution in [2.75, 3.05) is 18.4 Å². The van der Waals surface area contributed by atoms with Gasteiger partial charge in [0.1, 0.15) is 5.82 Å². The molecule has 0 saturated carbocycles. The van der Waals surface area contributed by atoms with Gasteiger partial charge in [0.25, 0.3) is 0 Å². The van der Waals surface area contributed by atoms with E-state index in [0.29, 0.717) is 24.7 Å². The standard InChI is InChI=1S/C23H23F3N4O/c24-23(25,26)19-6-8-20(9-7-19)28-22(31)29-13-10-17(11-14-29)16-30-15-12-27-21(30)18-4-2-1-3-5-18/h1-9,12,15,17H,10-11,13-14,16H2,(H,28,31). The van der Waals surface area contributed by atoms with Crippen LogP contribution in [0.3, 0.4) is 0 Å². The first-order valence-electron chi connectivity index (χ1n) is 10.2. The van der Waals surface area contributed by atoms with Crippen molar-refractivity contribution in [2.45, 2.75) is 25.6 Å². The molecule has 0 bridgehead atoms. The predicted octanol–water partition coefficient (Wildman–Crippen LogP) is 5.51. The molecule has 0 spiro atoms. The maximum absolute atomic E-state index is 12.7. The summed E-state index contributed by atoms with van der Waals surface area (Å²) in [5, 5.41) is 2.69. The van der Waals surface area contributed by atoms with E-state index in [-0.39, 0.29) is 6.03 Å². The van der Waals surface area contributed by atoms with Gasteiger partial charge in [-0.25, -0.2) is 9.78 Å². The van der Waals surface area contributed by atoms with Crippen LogP contribution in [0, 0.1) is 5.92 Å². The van der Waals surface area contributed by atoms with Gasteiger partial charge in [0, 0.05) is 43.3 Å². The SMILES string of the molecule is O=C(Nc1ccc(C(F)(F)F)cc1)N1CCC(Cn2ccnc2-c2ccccc2)CC1. The minimum Gasteiger partial charge on any atom is -0.331 e. The lowest BCUT2D eigenvalue weighted by molar-refractivity contribution is -0.137. The Morgan fingerprint density at radius 2 is 1.71 bits per heavy atom. The summed E-state index contributed by atoms with van der Waals surface area (Å²) in [6, 6.07) is 14.2. The summed E-state index contributed by atoms with van der Waals surface area (Å²) in [7, 11) is 0. The number of carbonyl (C=O) groups is 1. The molecule has 1 saturated heterocycles. The molecule has 0 atom stereocenters. The quantitative estimate of drug-likeness (QED) is 0.596. The zero-order valence-electron chi connectivity index (χ0n) is 16.8. The topological polar surface area (TPSA) is 50.2 Å². The van der Waals surface area contributed by atoms with E-state index in [0.717, 1.165) is 42.9 Å². The van der Waals surface area contributed by atoms with Crippen LogP contribution in [0.1, 0.15) is 18.4 Å². The second-order valence-electron chi connectivity index (χ2n) is 7.70. The fourth-order valence-corrected chi connectivity index (χ4v) is 3.85. The number of urea groups is 1. The molecule has 31 heavy (non-hydrogen) atoms. The van der Waals surface area contributed by atoms with Crippen molar-refractivity contribution in [2.24, 2.45) is 5.92 Å². The molecular weight excluding hydrogens is 405 g/mol. The number of hydrogen-bond donors (Lipinski definition) is 1. The van der Waals surface area contributed by atoms with Crippen LogP contribution >= 0.6 is 0 Å². The molecule has 162 valence electrons. The Morgan fingerprint density at radius 3 is 2.35 bits per heavy atom. The number of hydrogen-bond acceptors (Lipinski definition) is 2. The number of rotatable bonds is 4. The fraction of sp³-hybridized carbons (Fsp3) is 0.304. The van der Waals surface area contributed by atoms with Crippen molar-refractivity contribution in [3.63, 3.8) is 0 Å². The lowest BCUT2D eigenvalue weighted by Gasteiger charge is -2.32. The van der Waals surface area contributed by atoms with E-state index in [1.54, 1.807) is 11.1 Å². The number of halogens is 3. The van der Waals surface area contributed by atoms with E-state index in [1.807, 2.05) is 36.5 Å². The van der Waals surface area contributed by atoms with Crippen LogP contribution in [-0.4, -0.2) is 33.6 Å². The highest BCUT2D eigenvalue weighted by atomic mass is 19.4. The molecule has 3 aromatic rings.